The Kier molecular flexibility index (Phi) is 9.14. The molecule has 2 aliphatic rings. The van der Waals surface area contributed by atoms with E-state index in [1.54, 1.807) is 11.0 Å². The van der Waals surface area contributed by atoms with E-state index in [1.807, 2.05) is 4.90 Å². The van der Waals surface area contributed by atoms with Gasteiger partial charge in [0.05, 0.1) is 4.92 Å². The van der Waals surface area contributed by atoms with Crippen LogP contribution in [0.5, 0.6) is 11.5 Å². The first kappa shape index (κ1) is 30.2. The zero-order chi connectivity index (χ0) is 29.8. The van der Waals surface area contributed by atoms with Crippen molar-refractivity contribution in [2.24, 2.45) is 0 Å². The average Bonchev–Trinajstić information content (AvgIpc) is 2.91. The fourth-order valence-corrected chi connectivity index (χ4v) is 4.91. The van der Waals surface area contributed by atoms with Gasteiger partial charge in [-0.1, -0.05) is 6.07 Å². The van der Waals surface area contributed by atoms with E-state index in [-0.39, 0.29) is 23.8 Å². The average molecular weight is 591 g/mol. The van der Waals surface area contributed by atoms with Crippen molar-refractivity contribution in [2.75, 3.05) is 50.7 Å². The minimum absolute atomic E-state index is 0.0578. The lowest BCUT2D eigenvalue weighted by Crippen LogP contribution is -2.48. The van der Waals surface area contributed by atoms with Gasteiger partial charge < -0.3 is 19.3 Å². The van der Waals surface area contributed by atoms with Crippen LogP contribution in [-0.2, 0) is 11.0 Å². The smallest absolute Gasteiger partial charge is 0.490 e. The van der Waals surface area contributed by atoms with Gasteiger partial charge in [-0.05, 0) is 24.3 Å². The van der Waals surface area contributed by atoms with Crippen molar-refractivity contribution in [1.82, 2.24) is 9.80 Å². The van der Waals surface area contributed by atoms with Crippen LogP contribution in [0.25, 0.3) is 0 Å². The van der Waals surface area contributed by atoms with Crippen LogP contribution in [0, 0.1) is 10.1 Å². The number of carbonyl (C=O) groups excluding carboxylic acids is 1. The molecule has 0 bridgehead atoms. The molecule has 2 heterocycles. The van der Waals surface area contributed by atoms with E-state index < -0.39 is 34.8 Å². The van der Waals surface area contributed by atoms with Crippen LogP contribution in [0.15, 0.2) is 42.5 Å². The molecule has 2 aliphatic heterocycles. The number of carbonyl (C=O) groups is 1. The number of ether oxygens (including phenoxy) is 2. The number of nitrogens with zero attached hydrogens (tertiary/aromatic N) is 4. The van der Waals surface area contributed by atoms with Crippen molar-refractivity contribution in [3.63, 3.8) is 0 Å². The summed E-state index contributed by atoms with van der Waals surface area (Å²) in [5.41, 5.74) is -1.80. The third-order valence-corrected chi connectivity index (χ3v) is 7.00. The second kappa shape index (κ2) is 12.4. The summed E-state index contributed by atoms with van der Waals surface area (Å²) in [6, 6.07) is 8.34. The van der Waals surface area contributed by atoms with E-state index >= 15 is 0 Å². The van der Waals surface area contributed by atoms with Crippen molar-refractivity contribution < 1.29 is 45.5 Å². The number of benzene rings is 2. The van der Waals surface area contributed by atoms with Crippen LogP contribution in [-0.4, -0.2) is 78.9 Å². The first-order chi connectivity index (χ1) is 19.3. The summed E-state index contributed by atoms with van der Waals surface area (Å²) >= 11 is 0. The van der Waals surface area contributed by atoms with Gasteiger partial charge in [0, 0.05) is 82.9 Å². The Labute approximate surface area is 231 Å². The van der Waals surface area contributed by atoms with Crippen LogP contribution in [0.3, 0.4) is 0 Å². The normalized spacial score (nSPS) is 17.4. The molecular weight excluding hydrogens is 562 g/mol. The summed E-state index contributed by atoms with van der Waals surface area (Å²) in [4.78, 5) is 28.3. The third kappa shape index (κ3) is 8.38. The quantitative estimate of drug-likeness (QED) is 0.240. The molecule has 2 aromatic carbocycles. The van der Waals surface area contributed by atoms with Crippen molar-refractivity contribution in [3.05, 3.63) is 58.1 Å². The fourth-order valence-electron chi connectivity index (χ4n) is 4.91. The van der Waals surface area contributed by atoms with E-state index in [0.717, 1.165) is 12.1 Å². The highest BCUT2D eigenvalue weighted by Crippen LogP contribution is 2.38. The van der Waals surface area contributed by atoms with Gasteiger partial charge in [0.25, 0.3) is 5.69 Å². The molecule has 15 heteroatoms. The van der Waals surface area contributed by atoms with Crippen LogP contribution < -0.4 is 14.4 Å². The number of piperidine rings is 1. The number of likely N-dealkylation sites (tertiary alicyclic amines) is 1. The number of nitro groups is 1. The topological polar surface area (TPSA) is 88.4 Å². The number of amides is 1. The van der Waals surface area contributed by atoms with Crippen molar-refractivity contribution in [1.29, 1.82) is 0 Å². The number of anilines is 1. The molecule has 4 rings (SSSR count). The highest BCUT2D eigenvalue weighted by molar-refractivity contribution is 5.76. The molecule has 9 nitrogen and oxygen atoms in total. The number of rotatable bonds is 8. The molecule has 0 N–H and O–H groups in total. The number of nitro benzene ring substituents is 1. The Morgan fingerprint density at radius 3 is 2.22 bits per heavy atom. The molecule has 2 aromatic rings. The van der Waals surface area contributed by atoms with Crippen LogP contribution >= 0.6 is 0 Å². The first-order valence-electron chi connectivity index (χ1n) is 12.9. The Morgan fingerprint density at radius 1 is 0.927 bits per heavy atom. The van der Waals surface area contributed by atoms with E-state index in [1.165, 1.54) is 18.2 Å². The summed E-state index contributed by atoms with van der Waals surface area (Å²) in [5.74, 6) is -0.458. The SMILES string of the molecule is O=C(CCN1CCN(c2cccc(OC(F)(F)F)c2)CC1)N1CCC(Oc2ccc([N+](=O)[O-])c(C(F)(F)F)c2)CC1. The molecule has 0 saturated carbocycles. The second-order valence-electron chi connectivity index (χ2n) is 9.76. The van der Waals surface area contributed by atoms with Crippen molar-refractivity contribution in [3.8, 4) is 11.5 Å². The maximum absolute atomic E-state index is 13.2. The number of hydrogen-bond acceptors (Lipinski definition) is 7. The molecule has 224 valence electrons. The molecular formula is C26H28F6N4O5. The maximum Gasteiger partial charge on any atom is 0.573 e. The highest BCUT2D eigenvalue weighted by Gasteiger charge is 2.39. The molecule has 41 heavy (non-hydrogen) atoms. The Hall–Kier alpha value is -3.75. The molecule has 2 saturated heterocycles. The Balaban J connectivity index is 1.20. The molecule has 0 aromatic heterocycles. The third-order valence-electron chi connectivity index (χ3n) is 7.00. The predicted molar refractivity (Wildman–Crippen MR) is 135 cm³/mol. The zero-order valence-electron chi connectivity index (χ0n) is 21.8. The van der Waals surface area contributed by atoms with Crippen LogP contribution in [0.4, 0.5) is 37.7 Å². The summed E-state index contributed by atoms with van der Waals surface area (Å²) in [5, 5.41) is 10.9. The zero-order valence-corrected chi connectivity index (χ0v) is 21.8. The molecule has 0 unspecified atom stereocenters. The van der Waals surface area contributed by atoms with Crippen LogP contribution in [0.1, 0.15) is 24.8 Å². The van der Waals surface area contributed by atoms with E-state index in [0.29, 0.717) is 70.4 Å². The van der Waals surface area contributed by atoms with Gasteiger partial charge in [-0.25, -0.2) is 0 Å². The maximum atomic E-state index is 13.2. The largest absolute Gasteiger partial charge is 0.573 e. The standard InChI is InChI=1S/C26H28F6N4O5/c27-25(28,29)22-17-20(4-5-23(22)36(38)39)40-19-6-10-35(11-7-19)24(37)8-9-33-12-14-34(15-13-33)18-2-1-3-21(16-18)41-26(30,31)32/h1-5,16-17,19H,6-15H2. The van der Waals surface area contributed by atoms with Gasteiger partial charge in [-0.15, -0.1) is 13.2 Å². The summed E-state index contributed by atoms with van der Waals surface area (Å²) in [6.45, 7) is 3.66. The van der Waals surface area contributed by atoms with Gasteiger partial charge in [0.15, 0.2) is 0 Å². The summed E-state index contributed by atoms with van der Waals surface area (Å²) in [7, 11) is 0. The number of hydrogen-bond donors (Lipinski definition) is 0. The number of halogens is 6. The summed E-state index contributed by atoms with van der Waals surface area (Å²) in [6.07, 6.45) is -9.02. The van der Waals surface area contributed by atoms with Gasteiger partial charge >= 0.3 is 12.5 Å². The Bertz CT molecular complexity index is 1230. The monoisotopic (exact) mass is 590 g/mol. The van der Waals surface area contributed by atoms with E-state index in [4.69, 9.17) is 4.74 Å². The molecule has 1 amide bonds. The lowest BCUT2D eigenvalue weighted by molar-refractivity contribution is -0.388. The van der Waals surface area contributed by atoms with Crippen molar-refractivity contribution >= 4 is 17.3 Å². The molecule has 2 fully saturated rings. The predicted octanol–water partition coefficient (Wildman–Crippen LogP) is 5.09. The lowest BCUT2D eigenvalue weighted by atomic mass is 10.1. The molecule has 0 radical (unpaired) electrons. The van der Waals surface area contributed by atoms with Gasteiger partial charge in [-0.2, -0.15) is 13.2 Å². The van der Waals surface area contributed by atoms with Crippen molar-refractivity contribution in [2.45, 2.75) is 37.9 Å². The molecule has 0 aliphatic carbocycles. The van der Waals surface area contributed by atoms with E-state index in [9.17, 15) is 41.3 Å². The first-order valence-corrected chi connectivity index (χ1v) is 12.9. The number of piperazine rings is 1. The second-order valence-corrected chi connectivity index (χ2v) is 9.76. The highest BCUT2D eigenvalue weighted by atomic mass is 19.4. The summed E-state index contributed by atoms with van der Waals surface area (Å²) < 4.78 is 86.8. The van der Waals surface area contributed by atoms with Gasteiger partial charge in [0.2, 0.25) is 5.91 Å². The van der Waals surface area contributed by atoms with Gasteiger partial charge in [-0.3, -0.25) is 19.8 Å². The molecule has 0 spiro atoms. The molecule has 0 atom stereocenters. The van der Waals surface area contributed by atoms with Gasteiger partial charge in [0.1, 0.15) is 23.2 Å². The minimum atomic E-state index is -4.90. The van der Waals surface area contributed by atoms with E-state index in [2.05, 4.69) is 9.64 Å². The lowest BCUT2D eigenvalue weighted by Gasteiger charge is -2.37. The fraction of sp³-hybridized carbons (Fsp3) is 0.500. The number of alkyl halides is 6. The minimum Gasteiger partial charge on any atom is -0.490 e. The Morgan fingerprint density at radius 2 is 1.61 bits per heavy atom. The van der Waals surface area contributed by atoms with Crippen LogP contribution in [0.2, 0.25) is 0 Å².